The summed E-state index contributed by atoms with van der Waals surface area (Å²) in [7, 11) is 0. The molecule has 160 valence electrons. The van der Waals surface area contributed by atoms with Crippen LogP contribution in [0.2, 0.25) is 0 Å². The number of anilines is 1. The third kappa shape index (κ3) is 3.86. The highest BCUT2D eigenvalue weighted by Gasteiger charge is 2.58. The molecule has 1 unspecified atom stereocenters. The van der Waals surface area contributed by atoms with E-state index in [0.29, 0.717) is 35.8 Å². The average Bonchev–Trinajstić information content (AvgIpc) is 2.68. The van der Waals surface area contributed by atoms with Crippen LogP contribution < -0.4 is 5.32 Å². The zero-order valence-corrected chi connectivity index (χ0v) is 16.7. The monoisotopic (exact) mass is 420 g/mol. The summed E-state index contributed by atoms with van der Waals surface area (Å²) in [5.74, 6) is 0.160. The van der Waals surface area contributed by atoms with Gasteiger partial charge in [0, 0.05) is 17.3 Å². The quantitative estimate of drug-likeness (QED) is 0.767. The Bertz CT molecular complexity index is 940. The van der Waals surface area contributed by atoms with Crippen molar-refractivity contribution in [2.24, 2.45) is 5.92 Å². The Morgan fingerprint density at radius 2 is 2.07 bits per heavy atom. The number of nitrogens with zero attached hydrogens (tertiary/aromatic N) is 3. The molecule has 1 N–H and O–H groups in total. The van der Waals surface area contributed by atoms with Gasteiger partial charge in [0.15, 0.2) is 11.6 Å². The predicted octanol–water partition coefficient (Wildman–Crippen LogP) is 4.61. The van der Waals surface area contributed by atoms with Gasteiger partial charge in [-0.25, -0.2) is 19.2 Å². The smallest absolute Gasteiger partial charge is 0.320 e. The van der Waals surface area contributed by atoms with Crippen LogP contribution in [-0.2, 0) is 4.74 Å². The van der Waals surface area contributed by atoms with Gasteiger partial charge in [-0.3, -0.25) is 0 Å². The van der Waals surface area contributed by atoms with E-state index in [-0.39, 0.29) is 18.7 Å². The molecule has 0 spiro atoms. The molecular formula is C21H23F3N4O2. The Morgan fingerprint density at radius 3 is 2.77 bits per heavy atom. The fraction of sp³-hybridized carbons (Fsp3) is 0.476. The second-order valence-corrected chi connectivity index (χ2v) is 8.25. The van der Waals surface area contributed by atoms with Gasteiger partial charge in [0.2, 0.25) is 0 Å². The topological polar surface area (TPSA) is 67.4 Å². The number of hydrogen-bond acceptors (Lipinski definition) is 4. The molecule has 1 aromatic heterocycles. The van der Waals surface area contributed by atoms with Crippen molar-refractivity contribution in [1.29, 1.82) is 0 Å². The van der Waals surface area contributed by atoms with Crippen LogP contribution in [0, 0.1) is 18.7 Å². The number of aryl methyl sites for hydroxylation is 1. The fourth-order valence-electron chi connectivity index (χ4n) is 4.83. The first-order valence-corrected chi connectivity index (χ1v) is 9.86. The summed E-state index contributed by atoms with van der Waals surface area (Å²) < 4.78 is 43.0. The lowest BCUT2D eigenvalue weighted by atomic mass is 9.65. The van der Waals surface area contributed by atoms with E-state index in [1.165, 1.54) is 0 Å². The number of benzene rings is 1. The van der Waals surface area contributed by atoms with E-state index in [4.69, 9.17) is 0 Å². The number of halogens is 3. The molecule has 0 aliphatic carbocycles. The Labute approximate surface area is 172 Å². The standard InChI is InChI=1S/C21H23F3N4O2/c1-12-5-16-8-21(7-12,11-30-19(23)24)28(16)20(29)27-15-4-3-13(2)17(6-15)18-25-9-14(22)10-26-18/h3-4,6,9-10,12,16,19H,5,7-8,11H2,1-2H3,(H,27,29)/t12-,16?,21+/m1/s1. The summed E-state index contributed by atoms with van der Waals surface area (Å²) in [6.45, 7) is 0.886. The molecule has 3 heterocycles. The van der Waals surface area contributed by atoms with E-state index >= 15 is 0 Å². The Balaban J connectivity index is 1.53. The zero-order chi connectivity index (χ0) is 21.5. The minimum Gasteiger partial charge on any atom is -0.320 e. The van der Waals surface area contributed by atoms with Gasteiger partial charge in [0.25, 0.3) is 0 Å². The Kier molecular flexibility index (Phi) is 5.40. The van der Waals surface area contributed by atoms with E-state index in [1.54, 1.807) is 17.0 Å². The molecule has 1 aromatic carbocycles. The third-order valence-electron chi connectivity index (χ3n) is 5.94. The maximum atomic E-state index is 13.1. The molecule has 2 fully saturated rings. The zero-order valence-electron chi connectivity index (χ0n) is 16.7. The lowest BCUT2D eigenvalue weighted by molar-refractivity contribution is -0.194. The number of nitrogens with one attached hydrogen (secondary N) is 1. The van der Waals surface area contributed by atoms with Crippen LogP contribution in [0.15, 0.2) is 30.6 Å². The minimum atomic E-state index is -2.86. The number of aromatic nitrogens is 2. The first kappa shape index (κ1) is 20.6. The van der Waals surface area contributed by atoms with Crippen molar-refractivity contribution < 1.29 is 22.7 Å². The average molecular weight is 420 g/mol. The van der Waals surface area contributed by atoms with Crippen molar-refractivity contribution in [1.82, 2.24) is 14.9 Å². The van der Waals surface area contributed by atoms with Crippen molar-refractivity contribution in [2.45, 2.75) is 51.3 Å². The Morgan fingerprint density at radius 1 is 1.33 bits per heavy atom. The van der Waals surface area contributed by atoms with Crippen LogP contribution in [0.3, 0.4) is 0 Å². The number of rotatable bonds is 5. The van der Waals surface area contributed by atoms with Crippen molar-refractivity contribution >= 4 is 11.7 Å². The van der Waals surface area contributed by atoms with Crippen molar-refractivity contribution in [3.63, 3.8) is 0 Å². The van der Waals surface area contributed by atoms with Crippen LogP contribution in [-0.4, -0.2) is 45.7 Å². The number of urea groups is 1. The SMILES string of the molecule is Cc1ccc(NC(=O)N2C3C[C@@H](C)C[C@@]2(COC(F)F)C3)cc1-c1ncc(F)cn1. The summed E-state index contributed by atoms with van der Waals surface area (Å²) in [5.41, 5.74) is 1.37. The number of hydrogen-bond donors (Lipinski definition) is 1. The van der Waals surface area contributed by atoms with Crippen molar-refractivity contribution in [3.05, 3.63) is 42.0 Å². The molecule has 2 amide bonds. The lowest BCUT2D eigenvalue weighted by Gasteiger charge is -2.63. The molecule has 6 nitrogen and oxygen atoms in total. The largest absolute Gasteiger partial charge is 0.345 e. The van der Waals surface area contributed by atoms with Gasteiger partial charge in [0.1, 0.15) is 0 Å². The normalized spacial score (nSPS) is 25.2. The van der Waals surface area contributed by atoms with E-state index in [0.717, 1.165) is 24.4 Å². The molecule has 2 aliphatic rings. The van der Waals surface area contributed by atoms with E-state index in [1.807, 2.05) is 13.0 Å². The number of fused-ring (bicyclic) bond motifs is 2. The molecule has 4 rings (SSSR count). The van der Waals surface area contributed by atoms with Crippen molar-refractivity contribution in [3.8, 4) is 11.4 Å². The third-order valence-corrected chi connectivity index (χ3v) is 5.94. The number of carbonyl (C=O) groups excluding carboxylic acids is 1. The van der Waals surface area contributed by atoms with Gasteiger partial charge in [-0.15, -0.1) is 0 Å². The maximum Gasteiger partial charge on any atom is 0.345 e. The summed E-state index contributed by atoms with van der Waals surface area (Å²) in [6.07, 6.45) is 4.31. The van der Waals surface area contributed by atoms with Crippen LogP contribution in [0.4, 0.5) is 23.7 Å². The number of ether oxygens (including phenoxy) is 1. The van der Waals surface area contributed by atoms with Gasteiger partial charge in [-0.1, -0.05) is 13.0 Å². The van der Waals surface area contributed by atoms with Crippen LogP contribution >= 0.6 is 0 Å². The number of alkyl halides is 2. The molecule has 3 atom stereocenters. The van der Waals surface area contributed by atoms with Gasteiger partial charge in [-0.05, 0) is 49.8 Å². The van der Waals surface area contributed by atoms with E-state index < -0.39 is 18.0 Å². The molecule has 0 radical (unpaired) electrons. The molecule has 2 aliphatic heterocycles. The summed E-state index contributed by atoms with van der Waals surface area (Å²) >= 11 is 0. The highest BCUT2D eigenvalue weighted by Crippen LogP contribution is 2.50. The van der Waals surface area contributed by atoms with Gasteiger partial charge >= 0.3 is 12.6 Å². The van der Waals surface area contributed by atoms with E-state index in [9.17, 15) is 18.0 Å². The van der Waals surface area contributed by atoms with Crippen molar-refractivity contribution in [2.75, 3.05) is 11.9 Å². The molecule has 2 bridgehead atoms. The molecule has 30 heavy (non-hydrogen) atoms. The highest BCUT2D eigenvalue weighted by atomic mass is 19.3. The van der Waals surface area contributed by atoms with Gasteiger partial charge < -0.3 is 15.0 Å². The fourth-order valence-corrected chi connectivity index (χ4v) is 4.83. The minimum absolute atomic E-state index is 0.0142. The summed E-state index contributed by atoms with van der Waals surface area (Å²) in [4.78, 5) is 22.7. The van der Waals surface area contributed by atoms with Crippen LogP contribution in [0.5, 0.6) is 0 Å². The highest BCUT2D eigenvalue weighted by molar-refractivity contribution is 5.91. The first-order valence-electron chi connectivity index (χ1n) is 9.86. The summed E-state index contributed by atoms with van der Waals surface area (Å²) in [5, 5.41) is 2.86. The second kappa shape index (κ2) is 7.86. The molecule has 0 saturated carbocycles. The maximum absolute atomic E-state index is 13.1. The predicted molar refractivity (Wildman–Crippen MR) is 105 cm³/mol. The first-order chi connectivity index (χ1) is 14.3. The number of amides is 2. The summed E-state index contributed by atoms with van der Waals surface area (Å²) in [6, 6.07) is 4.96. The molecular weight excluding hydrogens is 397 g/mol. The van der Waals surface area contributed by atoms with Crippen LogP contribution in [0.25, 0.3) is 11.4 Å². The van der Waals surface area contributed by atoms with E-state index in [2.05, 4.69) is 26.9 Å². The number of carbonyl (C=O) groups is 1. The lowest BCUT2D eigenvalue weighted by Crippen LogP contribution is -2.74. The van der Waals surface area contributed by atoms with Gasteiger partial charge in [0.05, 0.1) is 24.5 Å². The van der Waals surface area contributed by atoms with Crippen LogP contribution in [0.1, 0.15) is 31.7 Å². The number of piperidine rings is 1. The van der Waals surface area contributed by atoms with Gasteiger partial charge in [-0.2, -0.15) is 8.78 Å². The Hall–Kier alpha value is -2.68. The molecule has 2 saturated heterocycles. The molecule has 2 aromatic rings. The second-order valence-electron chi connectivity index (χ2n) is 8.25. The molecule has 9 heteroatoms.